The maximum atomic E-state index is 10.4. The Bertz CT molecular complexity index is 838. The molecule has 0 spiro atoms. The summed E-state index contributed by atoms with van der Waals surface area (Å²) in [6.45, 7) is 8.09. The number of fused-ring (bicyclic) bond motifs is 1. The predicted octanol–water partition coefficient (Wildman–Crippen LogP) is 2.88. The number of nitrogens with zero attached hydrogens (tertiary/aromatic N) is 3. The quantitative estimate of drug-likeness (QED) is 0.560. The molecule has 0 fully saturated rings. The van der Waals surface area contributed by atoms with Crippen LogP contribution in [0.3, 0.4) is 0 Å². The van der Waals surface area contributed by atoms with Crippen LogP contribution >= 0.6 is 0 Å². The number of aryl methyl sites for hydroxylation is 3. The van der Waals surface area contributed by atoms with Gasteiger partial charge in [-0.05, 0) is 63.6 Å². The van der Waals surface area contributed by atoms with Gasteiger partial charge in [0, 0.05) is 37.0 Å². The molecule has 1 heterocycles. The number of benzene rings is 1. The third kappa shape index (κ3) is 4.26. The summed E-state index contributed by atoms with van der Waals surface area (Å²) in [5, 5.41) is 21.5. The molecule has 0 unspecified atom stereocenters. The summed E-state index contributed by atoms with van der Waals surface area (Å²) in [5.74, 6) is 1.13. The van der Waals surface area contributed by atoms with Crippen LogP contribution in [-0.2, 0) is 33.0 Å². The Morgan fingerprint density at radius 2 is 1.96 bits per heavy atom. The normalized spacial score (nSPS) is 14.1. The van der Waals surface area contributed by atoms with Crippen molar-refractivity contribution in [2.75, 3.05) is 6.54 Å². The fourth-order valence-corrected chi connectivity index (χ4v) is 3.81. The zero-order chi connectivity index (χ0) is 19.4. The van der Waals surface area contributed by atoms with Gasteiger partial charge in [0.15, 0.2) is 5.96 Å². The van der Waals surface area contributed by atoms with Crippen molar-refractivity contribution >= 4 is 5.96 Å². The average Bonchev–Trinajstić information content (AvgIpc) is 2.90. The maximum absolute atomic E-state index is 10.4. The molecule has 0 aliphatic heterocycles. The molecule has 6 nitrogen and oxygen atoms in total. The Kier molecular flexibility index (Phi) is 6.04. The minimum Gasteiger partial charge on any atom is -0.508 e. The van der Waals surface area contributed by atoms with Gasteiger partial charge in [0.2, 0.25) is 0 Å². The molecule has 0 saturated carbocycles. The molecule has 146 valence electrons. The number of hydrogen-bond donors (Lipinski definition) is 3. The van der Waals surface area contributed by atoms with Gasteiger partial charge in [-0.15, -0.1) is 0 Å². The van der Waals surface area contributed by atoms with Gasteiger partial charge in [-0.25, -0.2) is 4.99 Å². The van der Waals surface area contributed by atoms with Crippen LogP contribution in [0.4, 0.5) is 0 Å². The molecule has 27 heavy (non-hydrogen) atoms. The van der Waals surface area contributed by atoms with E-state index in [1.165, 1.54) is 24.0 Å². The van der Waals surface area contributed by atoms with Crippen LogP contribution in [-0.4, -0.2) is 27.4 Å². The van der Waals surface area contributed by atoms with E-state index in [0.717, 1.165) is 47.9 Å². The lowest BCUT2D eigenvalue weighted by atomic mass is 9.88. The van der Waals surface area contributed by atoms with Gasteiger partial charge in [0.1, 0.15) is 5.75 Å². The van der Waals surface area contributed by atoms with Crippen LogP contribution in [0.2, 0.25) is 0 Å². The lowest BCUT2D eigenvalue weighted by Gasteiger charge is -2.21. The van der Waals surface area contributed by atoms with Gasteiger partial charge in [-0.1, -0.05) is 6.07 Å². The van der Waals surface area contributed by atoms with Crippen LogP contribution in [0.5, 0.6) is 5.75 Å². The fourth-order valence-electron chi connectivity index (χ4n) is 3.81. The Balaban J connectivity index is 1.76. The largest absolute Gasteiger partial charge is 0.508 e. The maximum Gasteiger partial charge on any atom is 0.191 e. The van der Waals surface area contributed by atoms with Gasteiger partial charge in [-0.2, -0.15) is 5.10 Å². The predicted molar refractivity (Wildman–Crippen MR) is 109 cm³/mol. The van der Waals surface area contributed by atoms with E-state index in [1.54, 1.807) is 0 Å². The van der Waals surface area contributed by atoms with Crippen molar-refractivity contribution in [1.29, 1.82) is 0 Å². The fraction of sp³-hybridized carbons (Fsp3) is 0.524. The third-order valence-electron chi connectivity index (χ3n) is 5.46. The number of rotatable bonds is 5. The molecular formula is C21H31N5O. The molecule has 0 amide bonds. The van der Waals surface area contributed by atoms with Gasteiger partial charge in [0.05, 0.1) is 12.2 Å². The summed E-state index contributed by atoms with van der Waals surface area (Å²) >= 11 is 0. The summed E-state index contributed by atoms with van der Waals surface area (Å²) in [7, 11) is 1.96. The lowest BCUT2D eigenvalue weighted by molar-refractivity contribution is 0.464. The molecule has 1 aliphatic carbocycles. The summed E-state index contributed by atoms with van der Waals surface area (Å²) in [4.78, 5) is 4.73. The summed E-state index contributed by atoms with van der Waals surface area (Å²) in [6, 6.07) is 3.90. The Hall–Kier alpha value is -2.50. The van der Waals surface area contributed by atoms with E-state index < -0.39 is 0 Å². The first kappa shape index (κ1) is 19.3. The number of aromatic nitrogens is 2. The van der Waals surface area contributed by atoms with E-state index in [2.05, 4.69) is 35.6 Å². The van der Waals surface area contributed by atoms with Gasteiger partial charge >= 0.3 is 0 Å². The van der Waals surface area contributed by atoms with Crippen LogP contribution in [0.15, 0.2) is 17.1 Å². The van der Waals surface area contributed by atoms with Crippen molar-refractivity contribution in [2.24, 2.45) is 12.0 Å². The number of guanidine groups is 1. The lowest BCUT2D eigenvalue weighted by Crippen LogP contribution is -2.37. The molecular weight excluding hydrogens is 338 g/mol. The molecule has 0 saturated heterocycles. The zero-order valence-electron chi connectivity index (χ0n) is 16.9. The SMILES string of the molecule is CCNC(=NCc1c(C)nn(C)c1C)NCc1c(O)ccc2c1CCCC2. The molecule has 3 rings (SSSR count). The second kappa shape index (κ2) is 8.46. The highest BCUT2D eigenvalue weighted by molar-refractivity contribution is 5.79. The standard InChI is InChI=1S/C21H31N5O/c1-5-22-21(23-12-18-14(2)25-26(4)15(18)3)24-13-19-17-9-7-6-8-16(17)10-11-20(19)27/h10-11,27H,5-9,12-13H2,1-4H3,(H2,22,23,24). The third-order valence-corrected chi connectivity index (χ3v) is 5.46. The van der Waals surface area contributed by atoms with Crippen molar-refractivity contribution in [3.05, 3.63) is 45.8 Å². The van der Waals surface area contributed by atoms with Crippen LogP contribution in [0.25, 0.3) is 0 Å². The zero-order valence-corrected chi connectivity index (χ0v) is 16.9. The number of phenols is 1. The summed E-state index contributed by atoms with van der Waals surface area (Å²) < 4.78 is 1.90. The number of hydrogen-bond acceptors (Lipinski definition) is 3. The van der Waals surface area contributed by atoms with Crippen molar-refractivity contribution in [3.8, 4) is 5.75 Å². The molecule has 1 aliphatic rings. The van der Waals surface area contributed by atoms with Gasteiger partial charge in [0.25, 0.3) is 0 Å². The molecule has 3 N–H and O–H groups in total. The highest BCUT2D eigenvalue weighted by atomic mass is 16.3. The van der Waals surface area contributed by atoms with Crippen LogP contribution in [0.1, 0.15) is 53.4 Å². The van der Waals surface area contributed by atoms with E-state index in [1.807, 2.05) is 24.7 Å². The van der Waals surface area contributed by atoms with Crippen LogP contribution in [0, 0.1) is 13.8 Å². The van der Waals surface area contributed by atoms with E-state index in [-0.39, 0.29) is 0 Å². The molecule has 2 aromatic rings. The molecule has 1 aromatic carbocycles. The second-order valence-corrected chi connectivity index (χ2v) is 7.23. The first-order valence-electron chi connectivity index (χ1n) is 9.85. The number of aliphatic imine (C=N–C) groups is 1. The van der Waals surface area contributed by atoms with E-state index in [4.69, 9.17) is 4.99 Å². The monoisotopic (exact) mass is 369 g/mol. The Morgan fingerprint density at radius 1 is 1.19 bits per heavy atom. The van der Waals surface area contributed by atoms with E-state index in [0.29, 0.717) is 18.8 Å². The molecule has 0 bridgehead atoms. The highest BCUT2D eigenvalue weighted by Crippen LogP contribution is 2.30. The van der Waals surface area contributed by atoms with Gasteiger partial charge in [-0.3, -0.25) is 4.68 Å². The average molecular weight is 370 g/mol. The summed E-state index contributed by atoms with van der Waals surface area (Å²) in [6.07, 6.45) is 4.58. The van der Waals surface area contributed by atoms with Crippen molar-refractivity contribution < 1.29 is 5.11 Å². The first-order valence-corrected chi connectivity index (χ1v) is 9.85. The number of aromatic hydroxyl groups is 1. The molecule has 6 heteroatoms. The Labute approximate surface area is 161 Å². The molecule has 0 radical (unpaired) electrons. The van der Waals surface area contributed by atoms with E-state index in [9.17, 15) is 5.11 Å². The topological polar surface area (TPSA) is 74.5 Å². The summed E-state index contributed by atoms with van der Waals surface area (Å²) in [5.41, 5.74) is 7.01. The second-order valence-electron chi connectivity index (χ2n) is 7.23. The highest BCUT2D eigenvalue weighted by Gasteiger charge is 2.16. The van der Waals surface area contributed by atoms with Crippen LogP contribution < -0.4 is 10.6 Å². The minimum atomic E-state index is 0.373. The number of phenolic OH excluding ortho intramolecular Hbond substituents is 1. The minimum absolute atomic E-state index is 0.373. The van der Waals surface area contributed by atoms with E-state index >= 15 is 0 Å². The van der Waals surface area contributed by atoms with Crippen molar-refractivity contribution in [1.82, 2.24) is 20.4 Å². The van der Waals surface area contributed by atoms with Crippen molar-refractivity contribution in [2.45, 2.75) is 59.5 Å². The van der Waals surface area contributed by atoms with Gasteiger partial charge < -0.3 is 15.7 Å². The smallest absolute Gasteiger partial charge is 0.191 e. The Morgan fingerprint density at radius 3 is 2.67 bits per heavy atom. The van der Waals surface area contributed by atoms with Crippen molar-refractivity contribution in [3.63, 3.8) is 0 Å². The number of nitrogens with one attached hydrogen (secondary N) is 2. The molecule has 1 aromatic heterocycles. The molecule has 0 atom stereocenters. The first-order chi connectivity index (χ1) is 13.0.